The molecule has 1 amide bonds. The van der Waals surface area contributed by atoms with E-state index in [1.165, 1.54) is 18.2 Å². The van der Waals surface area contributed by atoms with Crippen molar-refractivity contribution in [3.05, 3.63) is 86.4 Å². The van der Waals surface area contributed by atoms with Gasteiger partial charge in [0.15, 0.2) is 0 Å². The number of hydrogen-bond donors (Lipinski definition) is 2. The molecule has 34 heavy (non-hydrogen) atoms. The predicted molar refractivity (Wildman–Crippen MR) is 122 cm³/mol. The SMILES string of the molecule is CC(=O)O.Cc1nnc(N2C(=O)C(=O)C(=C(O)c3ccccc3)C2c2cccc([N+](=O)[O-])c2)s1. The molecule has 0 spiro atoms. The number of carboxylic acid groups (broad SMARTS) is 1. The summed E-state index contributed by atoms with van der Waals surface area (Å²) in [4.78, 5) is 46.6. The molecule has 4 rings (SSSR count). The van der Waals surface area contributed by atoms with Crippen LogP contribution in [-0.2, 0) is 14.4 Å². The van der Waals surface area contributed by atoms with Crippen molar-refractivity contribution in [2.24, 2.45) is 0 Å². The number of carbonyl (C=O) groups is 3. The number of non-ortho nitro benzene ring substituents is 1. The van der Waals surface area contributed by atoms with Gasteiger partial charge in [-0.15, -0.1) is 10.2 Å². The summed E-state index contributed by atoms with van der Waals surface area (Å²) in [7, 11) is 0. The van der Waals surface area contributed by atoms with Crippen LogP contribution in [0.2, 0.25) is 0 Å². The van der Waals surface area contributed by atoms with Gasteiger partial charge in [-0.2, -0.15) is 0 Å². The van der Waals surface area contributed by atoms with E-state index >= 15 is 0 Å². The lowest BCUT2D eigenvalue weighted by Crippen LogP contribution is -2.29. The number of Topliss-reactive ketones (excluding diaryl/α,β-unsaturated/α-hetero) is 1. The lowest BCUT2D eigenvalue weighted by molar-refractivity contribution is -0.384. The fraction of sp³-hybridized carbons (Fsp3) is 0.136. The number of aliphatic hydroxyl groups is 1. The number of aryl methyl sites for hydroxylation is 1. The minimum atomic E-state index is -1.09. The molecule has 0 radical (unpaired) electrons. The summed E-state index contributed by atoms with van der Waals surface area (Å²) < 4.78 is 0. The number of carbonyl (C=O) groups excluding carboxylic acids is 2. The molecule has 1 aliphatic heterocycles. The van der Waals surface area contributed by atoms with Gasteiger partial charge in [-0.3, -0.25) is 29.4 Å². The lowest BCUT2D eigenvalue weighted by atomic mass is 9.95. The van der Waals surface area contributed by atoms with Crippen molar-refractivity contribution >= 4 is 45.6 Å². The number of carboxylic acids is 1. The Morgan fingerprint density at radius 2 is 1.74 bits per heavy atom. The normalized spacial score (nSPS) is 16.6. The molecule has 1 aliphatic rings. The minimum Gasteiger partial charge on any atom is -0.507 e. The predicted octanol–water partition coefficient (Wildman–Crippen LogP) is 3.47. The second-order valence-electron chi connectivity index (χ2n) is 7.01. The van der Waals surface area contributed by atoms with Crippen molar-refractivity contribution < 1.29 is 29.5 Å². The number of amides is 1. The summed E-state index contributed by atoms with van der Waals surface area (Å²) in [6, 6.07) is 12.8. The van der Waals surface area contributed by atoms with Gasteiger partial charge in [-0.1, -0.05) is 53.8 Å². The number of aliphatic hydroxyl groups excluding tert-OH is 1. The van der Waals surface area contributed by atoms with E-state index in [-0.39, 0.29) is 22.2 Å². The standard InChI is InChI=1S/C20H14N4O5S.C2H4O2/c1-11-21-22-20(30-11)23-16(13-8-5-9-14(10-13)24(28)29)15(18(26)19(23)27)17(25)12-6-3-2-4-7-12;1-2(3)4/h2-10,16,25H,1H3;1H3,(H,3,4). The number of rotatable bonds is 4. The van der Waals surface area contributed by atoms with Crippen LogP contribution >= 0.6 is 11.3 Å². The molecule has 1 saturated heterocycles. The number of hydrogen-bond acceptors (Lipinski definition) is 9. The Bertz CT molecular complexity index is 1300. The van der Waals surface area contributed by atoms with Gasteiger partial charge in [0.05, 0.1) is 16.5 Å². The molecule has 11 nitrogen and oxygen atoms in total. The summed E-state index contributed by atoms with van der Waals surface area (Å²) in [5, 5.41) is 38.2. The Balaban J connectivity index is 0.000000751. The van der Waals surface area contributed by atoms with E-state index in [2.05, 4.69) is 10.2 Å². The van der Waals surface area contributed by atoms with E-state index in [0.29, 0.717) is 16.1 Å². The van der Waals surface area contributed by atoms with Gasteiger partial charge in [0.25, 0.3) is 17.4 Å². The van der Waals surface area contributed by atoms with Crippen molar-refractivity contribution in [1.29, 1.82) is 0 Å². The number of nitro groups is 1. The van der Waals surface area contributed by atoms with Crippen LogP contribution in [0.15, 0.2) is 60.2 Å². The molecule has 2 N–H and O–H groups in total. The average Bonchev–Trinajstić information content (AvgIpc) is 3.34. The van der Waals surface area contributed by atoms with Gasteiger partial charge < -0.3 is 10.2 Å². The summed E-state index contributed by atoms with van der Waals surface area (Å²) in [6.45, 7) is 2.78. The number of nitrogens with zero attached hydrogens (tertiary/aromatic N) is 4. The summed E-state index contributed by atoms with van der Waals surface area (Å²) in [5.74, 6) is -2.99. The van der Waals surface area contributed by atoms with Crippen LogP contribution in [0.4, 0.5) is 10.8 Å². The van der Waals surface area contributed by atoms with Crippen LogP contribution in [0.1, 0.15) is 29.1 Å². The van der Waals surface area contributed by atoms with Crippen molar-refractivity contribution in [1.82, 2.24) is 10.2 Å². The Labute approximate surface area is 196 Å². The Hall–Kier alpha value is -4.45. The highest BCUT2D eigenvalue weighted by molar-refractivity contribution is 7.15. The fourth-order valence-corrected chi connectivity index (χ4v) is 4.00. The molecule has 1 unspecified atom stereocenters. The van der Waals surface area contributed by atoms with Gasteiger partial charge in [-0.25, -0.2) is 0 Å². The van der Waals surface area contributed by atoms with E-state index in [4.69, 9.17) is 9.90 Å². The molecule has 0 saturated carbocycles. The van der Waals surface area contributed by atoms with Gasteiger partial charge in [-0.05, 0) is 12.5 Å². The molecule has 12 heteroatoms. The van der Waals surface area contributed by atoms with Crippen molar-refractivity contribution in [3.8, 4) is 0 Å². The third-order valence-corrected chi connectivity index (χ3v) is 5.45. The minimum absolute atomic E-state index is 0.165. The quantitative estimate of drug-likeness (QED) is 0.186. The zero-order chi connectivity index (χ0) is 25.0. The third kappa shape index (κ3) is 4.96. The smallest absolute Gasteiger partial charge is 0.301 e. The number of benzene rings is 2. The van der Waals surface area contributed by atoms with Crippen LogP contribution in [-0.4, -0.2) is 43.0 Å². The first kappa shape index (κ1) is 24.2. The van der Waals surface area contributed by atoms with Crippen LogP contribution in [0, 0.1) is 17.0 Å². The average molecular weight is 482 g/mol. The largest absolute Gasteiger partial charge is 0.507 e. The number of aromatic nitrogens is 2. The van der Waals surface area contributed by atoms with Gasteiger partial charge in [0.1, 0.15) is 10.8 Å². The highest BCUT2D eigenvalue weighted by Gasteiger charge is 2.48. The third-order valence-electron chi connectivity index (χ3n) is 4.61. The number of nitro benzene ring substituents is 1. The zero-order valence-electron chi connectivity index (χ0n) is 17.9. The first-order chi connectivity index (χ1) is 16.1. The molecule has 0 aliphatic carbocycles. The van der Waals surface area contributed by atoms with Gasteiger partial charge in [0, 0.05) is 24.6 Å². The van der Waals surface area contributed by atoms with Crippen LogP contribution in [0.5, 0.6) is 0 Å². The first-order valence-electron chi connectivity index (χ1n) is 9.72. The van der Waals surface area contributed by atoms with E-state index in [1.807, 2.05) is 0 Å². The Morgan fingerprint density at radius 3 is 2.29 bits per heavy atom. The molecule has 0 bridgehead atoms. The second-order valence-corrected chi connectivity index (χ2v) is 8.17. The molecule has 1 atom stereocenters. The van der Waals surface area contributed by atoms with Crippen LogP contribution < -0.4 is 4.90 Å². The highest BCUT2D eigenvalue weighted by Crippen LogP contribution is 2.43. The van der Waals surface area contributed by atoms with Crippen molar-refractivity contribution in [2.75, 3.05) is 4.90 Å². The molecule has 1 aromatic heterocycles. The molecule has 174 valence electrons. The highest BCUT2D eigenvalue weighted by atomic mass is 32.1. The molecule has 2 aromatic carbocycles. The molecule has 1 fully saturated rings. The molecule has 3 aromatic rings. The van der Waals surface area contributed by atoms with Gasteiger partial charge in [0.2, 0.25) is 5.13 Å². The fourth-order valence-electron chi connectivity index (χ4n) is 3.29. The maximum atomic E-state index is 12.9. The van der Waals surface area contributed by atoms with Crippen LogP contribution in [0.25, 0.3) is 5.76 Å². The molecule has 2 heterocycles. The summed E-state index contributed by atoms with van der Waals surface area (Å²) in [6.07, 6.45) is 0. The van der Waals surface area contributed by atoms with Crippen LogP contribution in [0.3, 0.4) is 0 Å². The molecular weight excluding hydrogens is 464 g/mol. The summed E-state index contributed by atoms with van der Waals surface area (Å²) in [5.41, 5.74) is 0.277. The Morgan fingerprint density at radius 1 is 1.09 bits per heavy atom. The monoisotopic (exact) mass is 482 g/mol. The first-order valence-corrected chi connectivity index (χ1v) is 10.5. The topological polar surface area (TPSA) is 164 Å². The number of ketones is 1. The molecular formula is C22H18N4O7S. The van der Waals surface area contributed by atoms with Crippen molar-refractivity contribution in [3.63, 3.8) is 0 Å². The lowest BCUT2D eigenvalue weighted by Gasteiger charge is -2.22. The number of aliphatic carboxylic acids is 1. The zero-order valence-corrected chi connectivity index (χ0v) is 18.7. The number of anilines is 1. The maximum absolute atomic E-state index is 12.9. The summed E-state index contributed by atoms with van der Waals surface area (Å²) >= 11 is 1.10. The van der Waals surface area contributed by atoms with E-state index in [1.54, 1.807) is 43.3 Å². The van der Waals surface area contributed by atoms with Gasteiger partial charge >= 0.3 is 5.91 Å². The van der Waals surface area contributed by atoms with Crippen molar-refractivity contribution in [2.45, 2.75) is 19.9 Å². The van der Waals surface area contributed by atoms with E-state index < -0.39 is 28.6 Å². The maximum Gasteiger partial charge on any atom is 0.301 e. The van der Waals surface area contributed by atoms with E-state index in [0.717, 1.165) is 23.2 Å². The second kappa shape index (κ2) is 10.0. The van der Waals surface area contributed by atoms with E-state index in [9.17, 15) is 24.8 Å². The Kier molecular flexibility index (Phi) is 7.12.